The molecule has 3 heteroatoms. The van der Waals surface area contributed by atoms with Crippen LogP contribution in [-0.2, 0) is 4.74 Å². The van der Waals surface area contributed by atoms with Gasteiger partial charge in [-0.15, -0.1) is 0 Å². The maximum Gasteiger partial charge on any atom is 0.119 e. The van der Waals surface area contributed by atoms with Crippen LogP contribution in [0.5, 0.6) is 0 Å². The highest BCUT2D eigenvalue weighted by atomic mass is 16.5. The SMILES string of the molecule is C=C1C(C(N)CC)C1[N+]1(C)CCOCC1. The highest BCUT2D eigenvalue weighted by Gasteiger charge is 2.57. The third-order valence-electron chi connectivity index (χ3n) is 4.14. The fourth-order valence-corrected chi connectivity index (χ4v) is 2.91. The predicted molar refractivity (Wildman–Crippen MR) is 61.4 cm³/mol. The Balaban J connectivity index is 2.03. The van der Waals surface area contributed by atoms with Gasteiger partial charge in [0.15, 0.2) is 0 Å². The topological polar surface area (TPSA) is 35.2 Å². The molecular weight excluding hydrogens is 188 g/mol. The Bertz CT molecular complexity index is 258. The van der Waals surface area contributed by atoms with Crippen molar-refractivity contribution in [1.82, 2.24) is 0 Å². The van der Waals surface area contributed by atoms with Crippen LogP contribution in [-0.4, -0.2) is 49.9 Å². The van der Waals surface area contributed by atoms with E-state index < -0.39 is 0 Å². The highest BCUT2D eigenvalue weighted by molar-refractivity contribution is 5.31. The first kappa shape index (κ1) is 11.1. The molecule has 0 radical (unpaired) electrons. The Morgan fingerprint density at radius 1 is 1.53 bits per heavy atom. The minimum Gasteiger partial charge on any atom is -0.370 e. The van der Waals surface area contributed by atoms with Crippen molar-refractivity contribution in [2.45, 2.75) is 25.4 Å². The van der Waals surface area contributed by atoms with Gasteiger partial charge >= 0.3 is 0 Å². The summed E-state index contributed by atoms with van der Waals surface area (Å²) >= 11 is 0. The molecule has 0 bridgehead atoms. The molecule has 1 aliphatic heterocycles. The maximum absolute atomic E-state index is 6.12. The summed E-state index contributed by atoms with van der Waals surface area (Å²) in [5.41, 5.74) is 7.49. The second-order valence-electron chi connectivity index (χ2n) is 5.16. The number of nitrogens with zero attached hydrogens (tertiary/aromatic N) is 1. The Hall–Kier alpha value is -0.380. The van der Waals surface area contributed by atoms with E-state index in [1.807, 2.05) is 0 Å². The van der Waals surface area contributed by atoms with Crippen molar-refractivity contribution in [2.75, 3.05) is 33.4 Å². The van der Waals surface area contributed by atoms with Gasteiger partial charge in [0.25, 0.3) is 0 Å². The van der Waals surface area contributed by atoms with Gasteiger partial charge in [-0.25, -0.2) is 0 Å². The van der Waals surface area contributed by atoms with Crippen LogP contribution in [0.4, 0.5) is 0 Å². The van der Waals surface area contributed by atoms with Gasteiger partial charge in [-0.2, -0.15) is 0 Å². The summed E-state index contributed by atoms with van der Waals surface area (Å²) in [6, 6.07) is 0.907. The molecule has 3 unspecified atom stereocenters. The molecule has 0 spiro atoms. The van der Waals surface area contributed by atoms with E-state index in [2.05, 4.69) is 20.6 Å². The number of nitrogens with two attached hydrogens (primary N) is 1. The van der Waals surface area contributed by atoms with Crippen molar-refractivity contribution < 1.29 is 9.22 Å². The van der Waals surface area contributed by atoms with Crippen LogP contribution in [0.15, 0.2) is 12.2 Å². The Labute approximate surface area is 92.5 Å². The van der Waals surface area contributed by atoms with Crippen molar-refractivity contribution in [1.29, 1.82) is 0 Å². The van der Waals surface area contributed by atoms with Crippen LogP contribution in [0.25, 0.3) is 0 Å². The molecule has 2 rings (SSSR count). The van der Waals surface area contributed by atoms with Gasteiger partial charge in [-0.3, -0.25) is 0 Å². The van der Waals surface area contributed by atoms with Crippen LogP contribution in [0, 0.1) is 5.92 Å². The molecule has 86 valence electrons. The van der Waals surface area contributed by atoms with Crippen LogP contribution in [0.2, 0.25) is 0 Å². The second kappa shape index (κ2) is 3.89. The third kappa shape index (κ3) is 1.84. The van der Waals surface area contributed by atoms with Crippen molar-refractivity contribution >= 4 is 0 Å². The van der Waals surface area contributed by atoms with Crippen LogP contribution >= 0.6 is 0 Å². The molecule has 3 atom stereocenters. The molecule has 1 heterocycles. The van der Waals surface area contributed by atoms with Gasteiger partial charge in [0, 0.05) is 6.04 Å². The number of morpholine rings is 1. The molecule has 2 aliphatic rings. The molecule has 1 saturated heterocycles. The zero-order valence-electron chi connectivity index (χ0n) is 9.91. The smallest absolute Gasteiger partial charge is 0.119 e. The van der Waals surface area contributed by atoms with E-state index >= 15 is 0 Å². The number of likely N-dealkylation sites (N-methyl/N-ethyl adjacent to an activating group) is 1. The Morgan fingerprint density at radius 2 is 2.13 bits per heavy atom. The zero-order chi connectivity index (χ0) is 11.1. The fraction of sp³-hybridized carbons (Fsp3) is 0.833. The molecule has 0 aromatic carbocycles. The van der Waals surface area contributed by atoms with Crippen LogP contribution in [0.3, 0.4) is 0 Å². The molecule has 2 N–H and O–H groups in total. The molecule has 1 aliphatic carbocycles. The first-order valence-corrected chi connectivity index (χ1v) is 5.96. The van der Waals surface area contributed by atoms with Crippen LogP contribution in [0.1, 0.15) is 13.3 Å². The maximum atomic E-state index is 6.12. The first-order valence-electron chi connectivity index (χ1n) is 5.96. The quantitative estimate of drug-likeness (QED) is 0.552. The minimum atomic E-state index is 0.306. The number of hydrogen-bond donors (Lipinski definition) is 1. The average Bonchev–Trinajstić information content (AvgIpc) is 2.91. The van der Waals surface area contributed by atoms with E-state index in [0.29, 0.717) is 18.0 Å². The monoisotopic (exact) mass is 211 g/mol. The van der Waals surface area contributed by atoms with Gasteiger partial charge < -0.3 is 15.0 Å². The van der Waals surface area contributed by atoms with Crippen molar-refractivity contribution in [3.63, 3.8) is 0 Å². The van der Waals surface area contributed by atoms with Gasteiger partial charge in [0.05, 0.1) is 26.2 Å². The number of rotatable bonds is 3. The summed E-state index contributed by atoms with van der Waals surface area (Å²) in [4.78, 5) is 0. The molecular formula is C12H23N2O+. The molecule has 15 heavy (non-hydrogen) atoms. The molecule has 1 saturated carbocycles. The molecule has 2 fully saturated rings. The summed E-state index contributed by atoms with van der Waals surface area (Å²) < 4.78 is 6.52. The standard InChI is InChI=1S/C12H23N2O/c1-4-10(13)11-9(2)12(11)14(3)5-7-15-8-6-14/h10-12H,2,4-8,13H2,1,3H3/q+1. The van der Waals surface area contributed by atoms with Crippen molar-refractivity contribution in [3.8, 4) is 0 Å². The van der Waals surface area contributed by atoms with E-state index in [0.717, 1.165) is 37.2 Å². The molecule has 0 aromatic heterocycles. The largest absolute Gasteiger partial charge is 0.370 e. The lowest BCUT2D eigenvalue weighted by Crippen LogP contribution is -2.54. The van der Waals surface area contributed by atoms with E-state index in [9.17, 15) is 0 Å². The second-order valence-corrected chi connectivity index (χ2v) is 5.16. The first-order chi connectivity index (χ1) is 7.10. The van der Waals surface area contributed by atoms with Gasteiger partial charge in [0.2, 0.25) is 0 Å². The summed E-state index contributed by atoms with van der Waals surface area (Å²) in [6.45, 7) is 10.3. The van der Waals surface area contributed by atoms with E-state index in [4.69, 9.17) is 10.5 Å². The number of hydrogen-bond acceptors (Lipinski definition) is 2. The Morgan fingerprint density at radius 3 is 2.67 bits per heavy atom. The number of ether oxygens (including phenoxy) is 1. The lowest BCUT2D eigenvalue weighted by Gasteiger charge is -2.38. The summed E-state index contributed by atoms with van der Waals surface area (Å²) in [6.07, 6.45) is 1.05. The average molecular weight is 211 g/mol. The lowest BCUT2D eigenvalue weighted by atomic mass is 10.1. The zero-order valence-corrected chi connectivity index (χ0v) is 9.91. The molecule has 0 amide bonds. The van der Waals surface area contributed by atoms with Crippen LogP contribution < -0.4 is 5.73 Å². The van der Waals surface area contributed by atoms with Gasteiger partial charge in [0.1, 0.15) is 19.1 Å². The summed E-state index contributed by atoms with van der Waals surface area (Å²) in [7, 11) is 2.32. The van der Waals surface area contributed by atoms with E-state index in [1.165, 1.54) is 5.57 Å². The van der Waals surface area contributed by atoms with Gasteiger partial charge in [-0.05, 0) is 12.0 Å². The predicted octanol–water partition coefficient (Wildman–Crippen LogP) is 0.755. The summed E-state index contributed by atoms with van der Waals surface area (Å²) in [5, 5.41) is 0. The lowest BCUT2D eigenvalue weighted by molar-refractivity contribution is -0.926. The Kier molecular flexibility index (Phi) is 2.88. The van der Waals surface area contributed by atoms with Crippen molar-refractivity contribution in [2.24, 2.45) is 11.7 Å². The van der Waals surface area contributed by atoms with Gasteiger partial charge in [-0.1, -0.05) is 13.5 Å². The molecule has 3 nitrogen and oxygen atoms in total. The molecule has 0 aromatic rings. The van der Waals surface area contributed by atoms with E-state index in [-0.39, 0.29) is 0 Å². The highest BCUT2D eigenvalue weighted by Crippen LogP contribution is 2.47. The third-order valence-corrected chi connectivity index (χ3v) is 4.14. The van der Waals surface area contributed by atoms with E-state index in [1.54, 1.807) is 0 Å². The minimum absolute atomic E-state index is 0.306. The number of quaternary nitrogens is 1. The van der Waals surface area contributed by atoms with Crippen molar-refractivity contribution in [3.05, 3.63) is 12.2 Å². The normalized spacial score (nSPS) is 36.3. The fourth-order valence-electron chi connectivity index (χ4n) is 2.91. The summed E-state index contributed by atoms with van der Waals surface area (Å²) in [5.74, 6) is 0.554.